The van der Waals surface area contributed by atoms with Crippen LogP contribution in [0, 0.1) is 17.3 Å². The lowest BCUT2D eigenvalue weighted by atomic mass is 9.52. The van der Waals surface area contributed by atoms with Crippen LogP contribution in [0.2, 0.25) is 0 Å². The fourth-order valence-corrected chi connectivity index (χ4v) is 11.7. The molecule has 7 aliphatic rings. The molecule has 2 saturated carbocycles. The van der Waals surface area contributed by atoms with Crippen molar-refractivity contribution in [3.8, 4) is 0 Å². The summed E-state index contributed by atoms with van der Waals surface area (Å²) in [6, 6.07) is 14.3. The molecule has 64 heavy (non-hydrogen) atoms. The number of hydrogen-bond donors (Lipinski definition) is 2. The molecule has 4 aliphatic carbocycles. The van der Waals surface area contributed by atoms with Crippen molar-refractivity contribution in [3.05, 3.63) is 88.0 Å². The lowest BCUT2D eigenvalue weighted by molar-refractivity contribution is -0.172. The molecule has 12 nitrogen and oxygen atoms in total. The van der Waals surface area contributed by atoms with Crippen molar-refractivity contribution >= 4 is 29.8 Å². The van der Waals surface area contributed by atoms with Crippen LogP contribution >= 0.6 is 0 Å². The summed E-state index contributed by atoms with van der Waals surface area (Å²) in [4.78, 5) is 56.9. The van der Waals surface area contributed by atoms with Crippen molar-refractivity contribution in [2.24, 2.45) is 17.3 Å². The number of nitrogens with zero attached hydrogens (tertiary/aromatic N) is 1. The fraction of sp³-hybridized carbons (Fsp3) is 0.615. The van der Waals surface area contributed by atoms with E-state index in [2.05, 4.69) is 44.3 Å². The van der Waals surface area contributed by atoms with Gasteiger partial charge in [0, 0.05) is 37.8 Å². The highest BCUT2D eigenvalue weighted by molar-refractivity contribution is 5.98. The summed E-state index contributed by atoms with van der Waals surface area (Å²) >= 11 is 0. The summed E-state index contributed by atoms with van der Waals surface area (Å²) in [5.41, 5.74) is 4.88. The number of benzene rings is 2. The van der Waals surface area contributed by atoms with E-state index in [1.54, 1.807) is 31.7 Å². The molecule has 2 N–H and O–H groups in total. The maximum atomic E-state index is 14.6. The van der Waals surface area contributed by atoms with Gasteiger partial charge in [0.25, 0.3) is 0 Å². The van der Waals surface area contributed by atoms with Crippen molar-refractivity contribution in [2.45, 2.75) is 172 Å². The molecule has 3 aliphatic heterocycles. The number of nitrogens with one attached hydrogen (secondary N) is 1. The maximum Gasteiger partial charge on any atom is 0.339 e. The quantitative estimate of drug-likeness (QED) is 0.185. The number of rotatable bonds is 10. The zero-order valence-corrected chi connectivity index (χ0v) is 38.4. The van der Waals surface area contributed by atoms with Crippen molar-refractivity contribution in [3.63, 3.8) is 0 Å². The number of aliphatic hydroxyl groups is 1. The molecular formula is C52H66N2O10. The minimum atomic E-state index is -0.971. The molecule has 0 bridgehead atoms. The van der Waals surface area contributed by atoms with Gasteiger partial charge in [0.05, 0.1) is 29.9 Å². The fourth-order valence-electron chi connectivity index (χ4n) is 11.7. The van der Waals surface area contributed by atoms with Gasteiger partial charge in [-0.25, -0.2) is 4.79 Å². The van der Waals surface area contributed by atoms with Crippen LogP contribution in [0.5, 0.6) is 0 Å². The van der Waals surface area contributed by atoms with Crippen molar-refractivity contribution in [2.75, 3.05) is 13.2 Å². The first kappa shape index (κ1) is 44.8. The van der Waals surface area contributed by atoms with Crippen LogP contribution in [-0.4, -0.2) is 100 Å². The van der Waals surface area contributed by atoms with Crippen LogP contribution in [0.1, 0.15) is 133 Å². The van der Waals surface area contributed by atoms with E-state index in [4.69, 9.17) is 23.7 Å². The van der Waals surface area contributed by atoms with E-state index in [1.807, 2.05) is 36.4 Å². The normalized spacial score (nSPS) is 32.0. The third-order valence-corrected chi connectivity index (χ3v) is 15.2. The molecule has 1 spiro atoms. The third-order valence-electron chi connectivity index (χ3n) is 15.2. The van der Waals surface area contributed by atoms with Gasteiger partial charge in [0.1, 0.15) is 30.0 Å². The monoisotopic (exact) mass is 878 g/mol. The van der Waals surface area contributed by atoms with E-state index in [-0.39, 0.29) is 48.9 Å². The Morgan fingerprint density at radius 3 is 2.42 bits per heavy atom. The summed E-state index contributed by atoms with van der Waals surface area (Å²) in [5.74, 6) is -1.59. The van der Waals surface area contributed by atoms with Gasteiger partial charge in [0.2, 0.25) is 11.8 Å². The highest BCUT2D eigenvalue weighted by Gasteiger charge is 2.57. The van der Waals surface area contributed by atoms with Crippen LogP contribution in [-0.2, 0) is 50.9 Å². The SMILES string of the molecule is CC(C)(C)OC(=O)CC[C@@H](CO)NC(=O)[C@H]1CCCN1C(=O)C1=C[C@H]2OC3(Cc4ccccc4C3)O[C@H]2[C@H](OC(=O)c2ccccc2C=C2CCC3O[C@]3(C)CC[C@@H]3[C@@H]2CC3(C)C)C1. The smallest absolute Gasteiger partial charge is 0.339 e. The highest BCUT2D eigenvalue weighted by atomic mass is 16.8. The standard InChI is InChI=1S/C52H66N2O10/c1-49(2,3)63-44(56)20-18-36(30-55)53-46(57)40-16-11-23-54(40)47(58)35-25-41(45-42(26-35)61-52(64-45)27-33-13-7-8-14-34(33)28-52)60-48(59)37-15-10-9-12-31(37)24-32-17-19-43-51(6,62-43)22-21-39-38(32)29-50(39,4)5/h7-10,12-15,24,26,36,38-43,45,55H,11,16-23,25,27-30H2,1-6H3,(H,53,57)/t36-,38+,39+,40+,41+,42+,43?,45-,51+/m0/s1. The molecule has 2 amide bonds. The second kappa shape index (κ2) is 17.1. The van der Waals surface area contributed by atoms with E-state index in [9.17, 15) is 24.3 Å². The zero-order chi connectivity index (χ0) is 45.2. The summed E-state index contributed by atoms with van der Waals surface area (Å²) < 4.78 is 31.7. The Hall–Kier alpha value is -4.36. The zero-order valence-electron chi connectivity index (χ0n) is 38.4. The van der Waals surface area contributed by atoms with Crippen LogP contribution in [0.15, 0.2) is 65.8 Å². The topological polar surface area (TPSA) is 153 Å². The first-order valence-corrected chi connectivity index (χ1v) is 23.7. The number of aliphatic hydroxyl groups excluding tert-OH is 1. The lowest BCUT2D eigenvalue weighted by Crippen LogP contribution is -2.51. The Morgan fingerprint density at radius 2 is 1.70 bits per heavy atom. The Balaban J connectivity index is 0.944. The number of epoxide rings is 1. The molecule has 2 aromatic carbocycles. The molecule has 2 aromatic rings. The summed E-state index contributed by atoms with van der Waals surface area (Å²) in [6.07, 6.45) is 9.74. The molecule has 5 fully saturated rings. The Bertz CT molecular complexity index is 2200. The van der Waals surface area contributed by atoms with Gasteiger partial charge < -0.3 is 39.0 Å². The van der Waals surface area contributed by atoms with Gasteiger partial charge in [-0.3, -0.25) is 14.4 Å². The number of allylic oxidation sites excluding steroid dienone is 1. The molecular weight excluding hydrogens is 813 g/mol. The predicted octanol–water partition coefficient (Wildman–Crippen LogP) is 7.19. The first-order valence-electron chi connectivity index (χ1n) is 23.7. The molecule has 1 unspecified atom stereocenters. The lowest BCUT2D eigenvalue weighted by Gasteiger charge is -2.53. The number of fused-ring (bicyclic) bond motifs is 4. The Morgan fingerprint density at radius 1 is 0.969 bits per heavy atom. The minimum Gasteiger partial charge on any atom is -0.460 e. The molecule has 12 heteroatoms. The second-order valence-electron chi connectivity index (χ2n) is 21.4. The number of esters is 2. The molecule has 344 valence electrons. The van der Waals surface area contributed by atoms with E-state index < -0.39 is 59.6 Å². The van der Waals surface area contributed by atoms with Crippen LogP contribution in [0.3, 0.4) is 0 Å². The summed E-state index contributed by atoms with van der Waals surface area (Å²) in [6.45, 7) is 12.3. The highest BCUT2D eigenvalue weighted by Crippen LogP contribution is 2.60. The molecule has 9 rings (SSSR count). The van der Waals surface area contributed by atoms with Crippen molar-refractivity contribution in [1.29, 1.82) is 0 Å². The largest absolute Gasteiger partial charge is 0.460 e. The van der Waals surface area contributed by atoms with Gasteiger partial charge in [-0.2, -0.15) is 0 Å². The van der Waals surface area contributed by atoms with E-state index >= 15 is 0 Å². The van der Waals surface area contributed by atoms with Gasteiger partial charge >= 0.3 is 11.9 Å². The molecule has 0 aromatic heterocycles. The van der Waals surface area contributed by atoms with Crippen molar-refractivity contribution < 1.29 is 48.0 Å². The minimum absolute atomic E-state index is 0.0247. The third kappa shape index (κ3) is 9.09. The Labute approximate surface area is 377 Å². The second-order valence-corrected chi connectivity index (χ2v) is 21.4. The number of hydrogen-bond acceptors (Lipinski definition) is 10. The van der Waals surface area contributed by atoms with Gasteiger partial charge in [-0.05, 0) is 125 Å². The summed E-state index contributed by atoms with van der Waals surface area (Å²) in [7, 11) is 0. The van der Waals surface area contributed by atoms with E-state index in [1.165, 1.54) is 5.57 Å². The first-order chi connectivity index (χ1) is 30.4. The average Bonchev–Trinajstić information content (AvgIpc) is 3.62. The number of amides is 2. The maximum absolute atomic E-state index is 14.6. The van der Waals surface area contributed by atoms with Crippen molar-refractivity contribution in [1.82, 2.24) is 10.2 Å². The van der Waals surface area contributed by atoms with Gasteiger partial charge in [-0.1, -0.05) is 68.0 Å². The van der Waals surface area contributed by atoms with Crippen LogP contribution in [0.25, 0.3) is 6.08 Å². The predicted molar refractivity (Wildman–Crippen MR) is 239 cm³/mol. The number of likely N-dealkylation sites (tertiary alicyclic amines) is 1. The molecule has 3 saturated heterocycles. The molecule has 9 atom stereocenters. The van der Waals surface area contributed by atoms with Gasteiger partial charge in [-0.15, -0.1) is 0 Å². The summed E-state index contributed by atoms with van der Waals surface area (Å²) in [5, 5.41) is 13.0. The van der Waals surface area contributed by atoms with E-state index in [0.717, 1.165) is 48.8 Å². The number of ether oxygens (including phenoxy) is 5. The van der Waals surface area contributed by atoms with Gasteiger partial charge in [0.15, 0.2) is 5.79 Å². The van der Waals surface area contributed by atoms with Crippen LogP contribution in [0.4, 0.5) is 0 Å². The molecule has 0 radical (unpaired) electrons. The average molecular weight is 879 g/mol. The molecule has 3 heterocycles. The van der Waals surface area contributed by atoms with Crippen LogP contribution < -0.4 is 5.32 Å². The number of carbonyl (C=O) groups excluding carboxylic acids is 4. The number of carbonyl (C=O) groups is 4. The Kier molecular flexibility index (Phi) is 12.0. The van der Waals surface area contributed by atoms with E-state index in [0.29, 0.717) is 55.2 Å².